The standard InChI is InChI=1S/C40H84NO6P/c1-6-8-10-12-14-16-18-20-22-24-26-28-30-32-35-44-38-40(39-47-48(42,43)46-37-34-41(3,4)5)45-36-33-31-29-27-25-23-21-19-17-15-13-11-9-7-2/h40H,6-39H2,1-5H3/p+1. The van der Waals surface area contributed by atoms with E-state index in [0.29, 0.717) is 30.8 Å². The summed E-state index contributed by atoms with van der Waals surface area (Å²) in [5.74, 6) is 0. The molecule has 48 heavy (non-hydrogen) atoms. The molecule has 7 nitrogen and oxygen atoms in total. The first-order chi connectivity index (χ1) is 23.2. The molecule has 2 unspecified atom stereocenters. The predicted molar refractivity (Wildman–Crippen MR) is 206 cm³/mol. The number of hydrogen-bond donors (Lipinski definition) is 1. The Kier molecular flexibility index (Phi) is 35.4. The van der Waals surface area contributed by atoms with E-state index in [-0.39, 0.29) is 19.3 Å². The number of rotatable bonds is 40. The van der Waals surface area contributed by atoms with Gasteiger partial charge in [0.15, 0.2) is 0 Å². The number of hydrogen-bond acceptors (Lipinski definition) is 5. The van der Waals surface area contributed by atoms with E-state index in [9.17, 15) is 9.46 Å². The number of ether oxygens (including phenoxy) is 2. The monoisotopic (exact) mass is 707 g/mol. The largest absolute Gasteiger partial charge is 0.472 e. The Bertz CT molecular complexity index is 689. The number of phosphoric ester groups is 1. The van der Waals surface area contributed by atoms with Crippen molar-refractivity contribution in [3.63, 3.8) is 0 Å². The van der Waals surface area contributed by atoms with Gasteiger partial charge < -0.3 is 18.9 Å². The minimum Gasteiger partial charge on any atom is -0.379 e. The van der Waals surface area contributed by atoms with E-state index in [4.69, 9.17) is 18.5 Å². The number of quaternary nitrogens is 1. The van der Waals surface area contributed by atoms with Crippen LogP contribution in [-0.2, 0) is 23.1 Å². The van der Waals surface area contributed by atoms with Crippen molar-refractivity contribution in [2.75, 3.05) is 60.7 Å². The minimum atomic E-state index is -4.13. The summed E-state index contributed by atoms with van der Waals surface area (Å²) in [5, 5.41) is 0. The zero-order chi connectivity index (χ0) is 35.4. The minimum absolute atomic E-state index is 0.00447. The molecule has 0 radical (unpaired) electrons. The van der Waals surface area contributed by atoms with Crippen LogP contribution in [0.4, 0.5) is 0 Å². The molecule has 0 aromatic carbocycles. The molecule has 0 aromatic rings. The summed E-state index contributed by atoms with van der Waals surface area (Å²) in [7, 11) is 1.92. The van der Waals surface area contributed by atoms with Gasteiger partial charge in [-0.15, -0.1) is 0 Å². The van der Waals surface area contributed by atoms with Crippen molar-refractivity contribution < 1.29 is 32.5 Å². The van der Waals surface area contributed by atoms with Crippen molar-refractivity contribution in [3.05, 3.63) is 0 Å². The topological polar surface area (TPSA) is 74.2 Å². The highest BCUT2D eigenvalue weighted by atomic mass is 31.2. The molecule has 2 atom stereocenters. The lowest BCUT2D eigenvalue weighted by atomic mass is 10.0. The fourth-order valence-electron chi connectivity index (χ4n) is 5.95. The van der Waals surface area contributed by atoms with Gasteiger partial charge in [0.2, 0.25) is 0 Å². The van der Waals surface area contributed by atoms with Gasteiger partial charge in [-0.25, -0.2) is 4.57 Å². The molecule has 1 N–H and O–H groups in total. The Morgan fingerprint density at radius 1 is 0.479 bits per heavy atom. The van der Waals surface area contributed by atoms with Crippen LogP contribution < -0.4 is 0 Å². The van der Waals surface area contributed by atoms with Gasteiger partial charge in [0.1, 0.15) is 19.3 Å². The van der Waals surface area contributed by atoms with Crippen molar-refractivity contribution in [3.8, 4) is 0 Å². The molecule has 0 bridgehead atoms. The molecule has 0 aliphatic carbocycles. The van der Waals surface area contributed by atoms with Crippen LogP contribution in [0.25, 0.3) is 0 Å². The second-order valence-corrected chi connectivity index (χ2v) is 16.8. The maximum absolute atomic E-state index is 12.4. The Morgan fingerprint density at radius 3 is 1.21 bits per heavy atom. The summed E-state index contributed by atoms with van der Waals surface area (Å²) in [6.45, 7) is 7.01. The van der Waals surface area contributed by atoms with E-state index < -0.39 is 7.82 Å². The summed E-state index contributed by atoms with van der Waals surface area (Å²) >= 11 is 0. The first-order valence-corrected chi connectivity index (χ1v) is 22.3. The van der Waals surface area contributed by atoms with Crippen molar-refractivity contribution in [1.82, 2.24) is 0 Å². The molecule has 0 aliphatic rings. The zero-order valence-electron chi connectivity index (χ0n) is 33.0. The molecule has 8 heteroatoms. The molecule has 0 rings (SSSR count). The van der Waals surface area contributed by atoms with Gasteiger partial charge in [0.05, 0.1) is 34.4 Å². The van der Waals surface area contributed by atoms with E-state index in [0.717, 1.165) is 19.3 Å². The molecule has 0 heterocycles. The highest BCUT2D eigenvalue weighted by Crippen LogP contribution is 2.43. The fraction of sp³-hybridized carbons (Fsp3) is 1.00. The molecule has 290 valence electrons. The lowest BCUT2D eigenvalue weighted by molar-refractivity contribution is -0.870. The third-order valence-electron chi connectivity index (χ3n) is 9.24. The van der Waals surface area contributed by atoms with Gasteiger partial charge in [-0.2, -0.15) is 0 Å². The van der Waals surface area contributed by atoms with Crippen LogP contribution in [-0.4, -0.2) is 76.2 Å². The van der Waals surface area contributed by atoms with E-state index in [1.807, 2.05) is 21.1 Å². The second-order valence-electron chi connectivity index (χ2n) is 15.4. The molecule has 0 saturated carbocycles. The summed E-state index contributed by atoms with van der Waals surface area (Å²) in [4.78, 5) is 10.2. The second kappa shape index (κ2) is 35.4. The van der Waals surface area contributed by atoms with Crippen molar-refractivity contribution in [2.24, 2.45) is 0 Å². The van der Waals surface area contributed by atoms with Crippen LogP contribution in [0.5, 0.6) is 0 Å². The third kappa shape index (κ3) is 38.8. The van der Waals surface area contributed by atoms with Gasteiger partial charge in [0.25, 0.3) is 0 Å². The lowest BCUT2D eigenvalue weighted by Crippen LogP contribution is -2.37. The molecular weight excluding hydrogens is 621 g/mol. The van der Waals surface area contributed by atoms with Crippen LogP contribution in [0.3, 0.4) is 0 Å². The van der Waals surface area contributed by atoms with Crippen LogP contribution in [0.15, 0.2) is 0 Å². The van der Waals surface area contributed by atoms with Crippen LogP contribution in [0.2, 0.25) is 0 Å². The SMILES string of the molecule is CCCCCCCCCCCCCCCCOCC(COP(=O)(O)OCC[N+](C)(C)C)OCCCCCCCCCCCCCCCC. The van der Waals surface area contributed by atoms with Gasteiger partial charge in [-0.3, -0.25) is 9.05 Å². The first kappa shape index (κ1) is 48.0. The summed E-state index contributed by atoms with van der Waals surface area (Å²) in [6.07, 6.45) is 36.8. The Hall–Kier alpha value is -0.0100. The highest BCUT2D eigenvalue weighted by Gasteiger charge is 2.25. The van der Waals surface area contributed by atoms with Crippen molar-refractivity contribution in [1.29, 1.82) is 0 Å². The average molecular weight is 707 g/mol. The molecule has 0 fully saturated rings. The number of phosphoric acid groups is 1. The van der Waals surface area contributed by atoms with E-state index in [1.54, 1.807) is 0 Å². The maximum atomic E-state index is 12.4. The Morgan fingerprint density at radius 2 is 0.833 bits per heavy atom. The number of unbranched alkanes of at least 4 members (excludes halogenated alkanes) is 26. The fourth-order valence-corrected chi connectivity index (χ4v) is 6.69. The van der Waals surface area contributed by atoms with Gasteiger partial charge in [-0.05, 0) is 12.8 Å². The quantitative estimate of drug-likeness (QED) is 0.0388. The lowest BCUT2D eigenvalue weighted by Gasteiger charge is -2.24. The van der Waals surface area contributed by atoms with Gasteiger partial charge in [0, 0.05) is 13.2 Å². The Balaban J connectivity index is 4.08. The number of likely N-dealkylation sites (N-methyl/N-ethyl adjacent to an activating group) is 1. The zero-order valence-corrected chi connectivity index (χ0v) is 33.9. The normalized spacial score (nSPS) is 14.0. The molecule has 0 aliphatic heterocycles. The molecule has 0 amide bonds. The predicted octanol–water partition coefficient (Wildman–Crippen LogP) is 12.2. The average Bonchev–Trinajstić information content (AvgIpc) is 3.04. The summed E-state index contributed by atoms with van der Waals surface area (Å²) in [6, 6.07) is 0. The molecular formula is C40H85NO6P+. The number of nitrogens with zero attached hydrogens (tertiary/aromatic N) is 1. The van der Waals surface area contributed by atoms with Crippen LogP contribution in [0.1, 0.15) is 194 Å². The molecule has 0 spiro atoms. The van der Waals surface area contributed by atoms with E-state index >= 15 is 0 Å². The third-order valence-corrected chi connectivity index (χ3v) is 10.2. The Labute approximate surface area is 300 Å². The van der Waals surface area contributed by atoms with Gasteiger partial charge >= 0.3 is 7.82 Å². The summed E-state index contributed by atoms with van der Waals surface area (Å²) in [5.41, 5.74) is 0. The summed E-state index contributed by atoms with van der Waals surface area (Å²) < 4.78 is 35.7. The smallest absolute Gasteiger partial charge is 0.379 e. The van der Waals surface area contributed by atoms with Crippen molar-refractivity contribution in [2.45, 2.75) is 200 Å². The molecule has 0 aromatic heterocycles. The van der Waals surface area contributed by atoms with Gasteiger partial charge in [-0.1, -0.05) is 181 Å². The van der Waals surface area contributed by atoms with Crippen molar-refractivity contribution >= 4 is 7.82 Å². The maximum Gasteiger partial charge on any atom is 0.472 e. The molecule has 0 saturated heterocycles. The van der Waals surface area contributed by atoms with Crippen LogP contribution in [0, 0.1) is 0 Å². The first-order valence-electron chi connectivity index (χ1n) is 20.8. The van der Waals surface area contributed by atoms with E-state index in [2.05, 4.69) is 13.8 Å². The van der Waals surface area contributed by atoms with Crippen LogP contribution >= 0.6 is 7.82 Å². The highest BCUT2D eigenvalue weighted by molar-refractivity contribution is 7.47. The van der Waals surface area contributed by atoms with E-state index in [1.165, 1.54) is 161 Å².